The normalized spacial score (nSPS) is 19.3. The Balaban J connectivity index is 1.69. The molecule has 2 atom stereocenters. The molecule has 1 saturated carbocycles. The van der Waals surface area contributed by atoms with Crippen LogP contribution in [0.25, 0.3) is 0 Å². The van der Waals surface area contributed by atoms with Gasteiger partial charge in [-0.1, -0.05) is 12.8 Å². The van der Waals surface area contributed by atoms with E-state index in [9.17, 15) is 23.1 Å². The van der Waals surface area contributed by atoms with Crippen LogP contribution in [0.5, 0.6) is 0 Å². The van der Waals surface area contributed by atoms with E-state index in [1.165, 1.54) is 30.5 Å². The number of carbonyl (C=O) groups excluding carboxylic acids is 1. The van der Waals surface area contributed by atoms with E-state index in [-0.39, 0.29) is 16.8 Å². The molecule has 0 saturated heterocycles. The average molecular weight is 418 g/mol. The first-order chi connectivity index (χ1) is 13.8. The van der Waals surface area contributed by atoms with Crippen LogP contribution in [-0.2, 0) is 19.6 Å². The van der Waals surface area contributed by atoms with Crippen LogP contribution in [-0.4, -0.2) is 35.4 Å². The fraction of sp³-hybridized carbons (Fsp3) is 0.368. The van der Waals surface area contributed by atoms with Crippen molar-refractivity contribution in [1.82, 2.24) is 9.97 Å². The number of aromatic nitrogens is 2. The van der Waals surface area contributed by atoms with Gasteiger partial charge in [-0.25, -0.2) is 23.1 Å². The Kier molecular flexibility index (Phi) is 6.12. The van der Waals surface area contributed by atoms with E-state index >= 15 is 0 Å². The highest BCUT2D eigenvalue weighted by atomic mass is 32.2. The molecule has 29 heavy (non-hydrogen) atoms. The number of carbonyl (C=O) groups is 2. The Morgan fingerprint density at radius 1 is 1.07 bits per heavy atom. The molecule has 0 aliphatic heterocycles. The highest BCUT2D eigenvalue weighted by molar-refractivity contribution is 7.92. The van der Waals surface area contributed by atoms with Crippen molar-refractivity contribution < 1.29 is 23.1 Å². The summed E-state index contributed by atoms with van der Waals surface area (Å²) in [6.07, 6.45) is 4.07. The number of rotatable bonds is 6. The SMILES string of the molecule is Cc1ccnc(NS(=O)(=O)c2ccc(NC(=O)[C@@H]3CCCC[C@H]3C(=O)O)cc2)n1. The zero-order chi connectivity index (χ0) is 21.0. The molecule has 3 rings (SSSR count). The Hall–Kier alpha value is -3.01. The molecular formula is C19H22N4O5S. The van der Waals surface area contributed by atoms with Gasteiger partial charge in [0.05, 0.1) is 16.7 Å². The molecule has 9 nitrogen and oxygen atoms in total. The molecule has 0 spiro atoms. The zero-order valence-electron chi connectivity index (χ0n) is 15.8. The average Bonchev–Trinajstić information content (AvgIpc) is 2.68. The zero-order valence-corrected chi connectivity index (χ0v) is 16.6. The minimum absolute atomic E-state index is 0.0123. The first kappa shape index (κ1) is 20.7. The lowest BCUT2D eigenvalue weighted by Crippen LogP contribution is -2.36. The van der Waals surface area contributed by atoms with E-state index in [0.29, 0.717) is 24.2 Å². The van der Waals surface area contributed by atoms with Crippen LogP contribution in [0.15, 0.2) is 41.4 Å². The van der Waals surface area contributed by atoms with Gasteiger partial charge in [0.1, 0.15) is 0 Å². The second-order valence-corrected chi connectivity index (χ2v) is 8.66. The summed E-state index contributed by atoms with van der Waals surface area (Å²) in [7, 11) is -3.88. The van der Waals surface area contributed by atoms with Crippen molar-refractivity contribution >= 4 is 33.5 Å². The van der Waals surface area contributed by atoms with Crippen LogP contribution in [0.2, 0.25) is 0 Å². The monoisotopic (exact) mass is 418 g/mol. The highest BCUT2D eigenvalue weighted by Gasteiger charge is 2.35. The molecule has 10 heteroatoms. The number of nitrogens with one attached hydrogen (secondary N) is 2. The van der Waals surface area contributed by atoms with Crippen LogP contribution < -0.4 is 10.0 Å². The number of anilines is 2. The molecule has 0 bridgehead atoms. The molecule has 1 amide bonds. The Bertz CT molecular complexity index is 1010. The third-order valence-electron chi connectivity index (χ3n) is 4.87. The van der Waals surface area contributed by atoms with Crippen molar-refractivity contribution in [2.24, 2.45) is 11.8 Å². The fourth-order valence-corrected chi connectivity index (χ4v) is 4.32. The number of sulfonamides is 1. The molecule has 1 heterocycles. The molecule has 1 fully saturated rings. The van der Waals surface area contributed by atoms with Crippen LogP contribution in [0.3, 0.4) is 0 Å². The molecular weight excluding hydrogens is 396 g/mol. The summed E-state index contributed by atoms with van der Waals surface area (Å²) in [5.41, 5.74) is 1.02. The Morgan fingerprint density at radius 2 is 1.72 bits per heavy atom. The Morgan fingerprint density at radius 3 is 2.34 bits per heavy atom. The van der Waals surface area contributed by atoms with E-state index in [0.717, 1.165) is 12.8 Å². The lowest BCUT2D eigenvalue weighted by Gasteiger charge is -2.27. The second kappa shape index (κ2) is 8.56. The summed E-state index contributed by atoms with van der Waals surface area (Å²) < 4.78 is 27.2. The number of hydrogen-bond donors (Lipinski definition) is 3. The second-order valence-electron chi connectivity index (χ2n) is 6.98. The third-order valence-corrected chi connectivity index (χ3v) is 6.22. The Labute approximate surface area is 168 Å². The minimum atomic E-state index is -3.88. The number of carboxylic acid groups (broad SMARTS) is 1. The van der Waals surface area contributed by atoms with Gasteiger partial charge in [-0.2, -0.15) is 0 Å². The summed E-state index contributed by atoms with van der Waals surface area (Å²) >= 11 is 0. The van der Waals surface area contributed by atoms with Gasteiger partial charge in [0.25, 0.3) is 10.0 Å². The van der Waals surface area contributed by atoms with E-state index in [4.69, 9.17) is 0 Å². The van der Waals surface area contributed by atoms with Gasteiger partial charge in [0.15, 0.2) is 0 Å². The first-order valence-electron chi connectivity index (χ1n) is 9.22. The maximum Gasteiger partial charge on any atom is 0.307 e. The minimum Gasteiger partial charge on any atom is -0.481 e. The molecule has 0 radical (unpaired) electrons. The van der Waals surface area contributed by atoms with E-state index in [1.807, 2.05) is 0 Å². The molecule has 0 unspecified atom stereocenters. The molecule has 2 aromatic rings. The molecule has 1 aliphatic rings. The van der Waals surface area contributed by atoms with Gasteiger partial charge in [-0.3, -0.25) is 9.59 Å². The van der Waals surface area contributed by atoms with Gasteiger partial charge >= 0.3 is 5.97 Å². The highest BCUT2D eigenvalue weighted by Crippen LogP contribution is 2.31. The van der Waals surface area contributed by atoms with Gasteiger partial charge in [-0.15, -0.1) is 0 Å². The van der Waals surface area contributed by atoms with Crippen molar-refractivity contribution in [3.63, 3.8) is 0 Å². The van der Waals surface area contributed by atoms with E-state index in [1.54, 1.807) is 13.0 Å². The number of benzene rings is 1. The molecule has 1 aromatic heterocycles. The molecule has 3 N–H and O–H groups in total. The van der Waals surface area contributed by atoms with Crippen molar-refractivity contribution in [3.8, 4) is 0 Å². The number of carboxylic acids is 1. The standard InChI is InChI=1S/C19H22N4O5S/c1-12-10-11-20-19(21-12)23-29(27,28)14-8-6-13(7-9-14)22-17(24)15-4-2-3-5-16(15)18(25)26/h6-11,15-16H,2-5H2,1H3,(H,22,24)(H,25,26)(H,20,21,23)/t15-,16-/m1/s1. The summed E-state index contributed by atoms with van der Waals surface area (Å²) in [5.74, 6) is -2.64. The smallest absolute Gasteiger partial charge is 0.307 e. The van der Waals surface area contributed by atoms with Crippen LogP contribution in [0.1, 0.15) is 31.4 Å². The number of aliphatic carboxylic acids is 1. The van der Waals surface area contributed by atoms with Crippen LogP contribution >= 0.6 is 0 Å². The predicted molar refractivity (Wildman–Crippen MR) is 106 cm³/mol. The summed E-state index contributed by atoms with van der Waals surface area (Å²) in [6.45, 7) is 1.72. The number of aryl methyl sites for hydroxylation is 1. The van der Waals surface area contributed by atoms with Gasteiger partial charge in [-0.05, 0) is 50.1 Å². The van der Waals surface area contributed by atoms with Crippen LogP contribution in [0.4, 0.5) is 11.6 Å². The fourth-order valence-electron chi connectivity index (χ4n) is 3.37. The topological polar surface area (TPSA) is 138 Å². The van der Waals surface area contributed by atoms with E-state index in [2.05, 4.69) is 20.0 Å². The summed E-state index contributed by atoms with van der Waals surface area (Å²) in [5, 5.41) is 12.0. The molecule has 154 valence electrons. The van der Waals surface area contributed by atoms with Crippen molar-refractivity contribution in [1.29, 1.82) is 0 Å². The number of amides is 1. The largest absolute Gasteiger partial charge is 0.481 e. The molecule has 1 aliphatic carbocycles. The molecule has 1 aromatic carbocycles. The lowest BCUT2D eigenvalue weighted by atomic mass is 9.78. The van der Waals surface area contributed by atoms with Crippen molar-refractivity contribution in [2.45, 2.75) is 37.5 Å². The maximum absolute atomic E-state index is 12.5. The van der Waals surface area contributed by atoms with Gasteiger partial charge in [0.2, 0.25) is 11.9 Å². The third kappa shape index (κ3) is 5.08. The number of nitrogens with zero attached hydrogens (tertiary/aromatic N) is 2. The quantitative estimate of drug-likeness (QED) is 0.655. The maximum atomic E-state index is 12.5. The van der Waals surface area contributed by atoms with Gasteiger partial charge < -0.3 is 10.4 Å². The van der Waals surface area contributed by atoms with Crippen LogP contribution in [0, 0.1) is 18.8 Å². The van der Waals surface area contributed by atoms with Crippen molar-refractivity contribution in [3.05, 3.63) is 42.2 Å². The lowest BCUT2D eigenvalue weighted by molar-refractivity contribution is -0.147. The van der Waals surface area contributed by atoms with Crippen molar-refractivity contribution in [2.75, 3.05) is 10.0 Å². The first-order valence-corrected chi connectivity index (χ1v) is 10.7. The summed E-state index contributed by atoms with van der Waals surface area (Å²) in [4.78, 5) is 31.8. The van der Waals surface area contributed by atoms with E-state index < -0.39 is 27.8 Å². The predicted octanol–water partition coefficient (Wildman–Crippen LogP) is 2.42. The van der Waals surface area contributed by atoms with Gasteiger partial charge in [0, 0.05) is 17.6 Å². The number of hydrogen-bond acceptors (Lipinski definition) is 6. The summed E-state index contributed by atoms with van der Waals surface area (Å²) in [6, 6.07) is 7.27.